The fourth-order valence-corrected chi connectivity index (χ4v) is 2.88. The highest BCUT2D eigenvalue weighted by molar-refractivity contribution is 5.36. The van der Waals surface area contributed by atoms with Crippen molar-refractivity contribution >= 4 is 0 Å². The van der Waals surface area contributed by atoms with Crippen molar-refractivity contribution in [3.63, 3.8) is 0 Å². The molecule has 1 aromatic carbocycles. The van der Waals surface area contributed by atoms with E-state index in [1.54, 1.807) is 0 Å². The van der Waals surface area contributed by atoms with Crippen molar-refractivity contribution in [1.29, 1.82) is 0 Å². The molecule has 4 nitrogen and oxygen atoms in total. The number of ether oxygens (including phenoxy) is 1. The Kier molecular flexibility index (Phi) is 6.24. The predicted octanol–water partition coefficient (Wildman–Crippen LogP) is 2.36. The van der Waals surface area contributed by atoms with Gasteiger partial charge in [0.25, 0.3) is 0 Å². The molecule has 124 valence electrons. The molecule has 2 atom stereocenters. The maximum absolute atomic E-state index is 10.7. The number of nitrogens with zero attached hydrogens (tertiary/aromatic N) is 1. The van der Waals surface area contributed by atoms with Gasteiger partial charge in [-0.1, -0.05) is 19.9 Å². The zero-order valence-electron chi connectivity index (χ0n) is 14.3. The zero-order valence-corrected chi connectivity index (χ0v) is 14.3. The van der Waals surface area contributed by atoms with Crippen LogP contribution in [0.3, 0.4) is 0 Å². The molecule has 22 heavy (non-hydrogen) atoms. The SMILES string of the molecule is Cc1cc(OCC(C)C)ccc1C(O)C(C)N1CCNCC1. The number of nitrogens with one attached hydrogen (secondary N) is 1. The molecule has 0 amide bonds. The van der Waals surface area contributed by atoms with Crippen LogP contribution in [-0.2, 0) is 0 Å². The van der Waals surface area contributed by atoms with Gasteiger partial charge in [-0.2, -0.15) is 0 Å². The molecule has 2 unspecified atom stereocenters. The topological polar surface area (TPSA) is 44.7 Å². The van der Waals surface area contributed by atoms with Crippen molar-refractivity contribution in [2.75, 3.05) is 32.8 Å². The number of benzene rings is 1. The molecule has 4 heteroatoms. The minimum absolute atomic E-state index is 0.128. The van der Waals surface area contributed by atoms with E-state index in [2.05, 4.69) is 31.0 Å². The average molecular weight is 306 g/mol. The molecular weight excluding hydrogens is 276 g/mol. The standard InChI is InChI=1S/C18H30N2O2/c1-13(2)12-22-16-5-6-17(14(3)11-16)18(21)15(4)20-9-7-19-8-10-20/h5-6,11,13,15,18-19,21H,7-10,12H2,1-4H3. The fraction of sp³-hybridized carbons (Fsp3) is 0.667. The number of hydrogen-bond acceptors (Lipinski definition) is 4. The largest absolute Gasteiger partial charge is 0.493 e. The first kappa shape index (κ1) is 17.3. The summed E-state index contributed by atoms with van der Waals surface area (Å²) in [6.07, 6.45) is -0.461. The number of aliphatic hydroxyl groups excluding tert-OH is 1. The smallest absolute Gasteiger partial charge is 0.119 e. The summed E-state index contributed by atoms with van der Waals surface area (Å²) in [7, 11) is 0. The predicted molar refractivity (Wildman–Crippen MR) is 90.4 cm³/mol. The van der Waals surface area contributed by atoms with Gasteiger partial charge in [0, 0.05) is 32.2 Å². The van der Waals surface area contributed by atoms with Gasteiger partial charge < -0.3 is 15.2 Å². The summed E-state index contributed by atoms with van der Waals surface area (Å²) in [6.45, 7) is 13.1. The van der Waals surface area contributed by atoms with Crippen molar-refractivity contribution in [2.24, 2.45) is 5.92 Å². The monoisotopic (exact) mass is 306 g/mol. The molecule has 1 heterocycles. The molecule has 1 fully saturated rings. The first-order chi connectivity index (χ1) is 10.5. The normalized spacial score (nSPS) is 19.2. The van der Waals surface area contributed by atoms with E-state index >= 15 is 0 Å². The van der Waals surface area contributed by atoms with Gasteiger partial charge in [-0.3, -0.25) is 4.90 Å². The third kappa shape index (κ3) is 4.45. The van der Waals surface area contributed by atoms with Crippen LogP contribution in [0.25, 0.3) is 0 Å². The summed E-state index contributed by atoms with van der Waals surface area (Å²) >= 11 is 0. The van der Waals surface area contributed by atoms with Crippen molar-refractivity contribution in [3.8, 4) is 5.75 Å². The van der Waals surface area contributed by atoms with Crippen LogP contribution in [0.15, 0.2) is 18.2 Å². The lowest BCUT2D eigenvalue weighted by Gasteiger charge is -2.35. The third-order valence-corrected chi connectivity index (χ3v) is 4.33. The molecule has 0 saturated carbocycles. The number of aryl methyl sites for hydroxylation is 1. The van der Waals surface area contributed by atoms with E-state index in [-0.39, 0.29) is 6.04 Å². The molecule has 1 aliphatic heterocycles. The van der Waals surface area contributed by atoms with Gasteiger partial charge in [-0.05, 0) is 43.0 Å². The lowest BCUT2D eigenvalue weighted by Crippen LogP contribution is -2.49. The molecule has 2 rings (SSSR count). The average Bonchev–Trinajstić information content (AvgIpc) is 2.52. The Hall–Kier alpha value is -1.10. The summed E-state index contributed by atoms with van der Waals surface area (Å²) in [5.74, 6) is 1.40. The molecule has 1 saturated heterocycles. The van der Waals surface area contributed by atoms with Crippen LogP contribution in [0.4, 0.5) is 0 Å². The van der Waals surface area contributed by atoms with Gasteiger partial charge in [0.05, 0.1) is 12.7 Å². The molecule has 0 aromatic heterocycles. The zero-order chi connectivity index (χ0) is 16.1. The van der Waals surface area contributed by atoms with E-state index in [0.717, 1.165) is 49.7 Å². The van der Waals surface area contributed by atoms with E-state index in [4.69, 9.17) is 4.74 Å². The lowest BCUT2D eigenvalue weighted by molar-refractivity contribution is 0.0506. The lowest BCUT2D eigenvalue weighted by atomic mass is 9.97. The minimum atomic E-state index is -0.461. The van der Waals surface area contributed by atoms with Crippen molar-refractivity contribution < 1.29 is 9.84 Å². The van der Waals surface area contributed by atoms with Gasteiger partial charge in [0.2, 0.25) is 0 Å². The van der Waals surface area contributed by atoms with Crippen LogP contribution in [0.1, 0.15) is 38.0 Å². The van der Waals surface area contributed by atoms with Gasteiger partial charge in [-0.15, -0.1) is 0 Å². The van der Waals surface area contributed by atoms with E-state index in [0.29, 0.717) is 5.92 Å². The Morgan fingerprint density at radius 1 is 1.23 bits per heavy atom. The first-order valence-corrected chi connectivity index (χ1v) is 8.35. The highest BCUT2D eigenvalue weighted by Gasteiger charge is 2.25. The Morgan fingerprint density at radius 2 is 1.91 bits per heavy atom. The minimum Gasteiger partial charge on any atom is -0.493 e. The number of hydrogen-bond donors (Lipinski definition) is 2. The quantitative estimate of drug-likeness (QED) is 0.847. The molecule has 0 bridgehead atoms. The van der Waals surface area contributed by atoms with E-state index in [1.165, 1.54) is 0 Å². The van der Waals surface area contributed by atoms with Crippen LogP contribution in [0.5, 0.6) is 5.75 Å². The van der Waals surface area contributed by atoms with Crippen molar-refractivity contribution in [1.82, 2.24) is 10.2 Å². The summed E-state index contributed by atoms with van der Waals surface area (Å²) in [4.78, 5) is 2.35. The summed E-state index contributed by atoms with van der Waals surface area (Å²) in [6, 6.07) is 6.14. The second kappa shape index (κ2) is 7.95. The molecule has 2 N–H and O–H groups in total. The van der Waals surface area contributed by atoms with Crippen molar-refractivity contribution in [2.45, 2.75) is 39.8 Å². The van der Waals surface area contributed by atoms with Crippen LogP contribution in [-0.4, -0.2) is 48.8 Å². The number of rotatable bonds is 6. The van der Waals surface area contributed by atoms with E-state index in [9.17, 15) is 5.11 Å². The Morgan fingerprint density at radius 3 is 2.50 bits per heavy atom. The van der Waals surface area contributed by atoms with Crippen molar-refractivity contribution in [3.05, 3.63) is 29.3 Å². The van der Waals surface area contributed by atoms with Crippen LogP contribution >= 0.6 is 0 Å². The highest BCUT2D eigenvalue weighted by atomic mass is 16.5. The van der Waals surface area contributed by atoms with Gasteiger partial charge in [0.1, 0.15) is 5.75 Å². The Balaban J connectivity index is 2.03. The summed E-state index contributed by atoms with van der Waals surface area (Å²) in [5, 5.41) is 14.1. The number of piperazine rings is 1. The van der Waals surface area contributed by atoms with Crippen LogP contribution in [0.2, 0.25) is 0 Å². The second-order valence-corrected chi connectivity index (χ2v) is 6.69. The van der Waals surface area contributed by atoms with Gasteiger partial charge in [-0.25, -0.2) is 0 Å². The van der Waals surface area contributed by atoms with Crippen LogP contribution < -0.4 is 10.1 Å². The van der Waals surface area contributed by atoms with E-state index < -0.39 is 6.10 Å². The van der Waals surface area contributed by atoms with Crippen LogP contribution in [0, 0.1) is 12.8 Å². The third-order valence-electron chi connectivity index (χ3n) is 4.33. The van der Waals surface area contributed by atoms with Gasteiger partial charge in [0.15, 0.2) is 0 Å². The highest BCUT2D eigenvalue weighted by Crippen LogP contribution is 2.27. The summed E-state index contributed by atoms with van der Waals surface area (Å²) in [5.41, 5.74) is 2.10. The van der Waals surface area contributed by atoms with E-state index in [1.807, 2.05) is 25.1 Å². The molecule has 1 aromatic rings. The Bertz CT molecular complexity index is 470. The first-order valence-electron chi connectivity index (χ1n) is 8.35. The summed E-state index contributed by atoms with van der Waals surface area (Å²) < 4.78 is 5.76. The molecule has 0 spiro atoms. The molecule has 0 aliphatic carbocycles. The molecular formula is C18H30N2O2. The second-order valence-electron chi connectivity index (χ2n) is 6.69. The Labute approximate surface area is 134 Å². The van der Waals surface area contributed by atoms with Gasteiger partial charge >= 0.3 is 0 Å². The fourth-order valence-electron chi connectivity index (χ4n) is 2.88. The maximum Gasteiger partial charge on any atom is 0.119 e. The number of aliphatic hydroxyl groups is 1. The molecule has 1 aliphatic rings. The molecule has 0 radical (unpaired) electrons. The maximum atomic E-state index is 10.7.